The molecule has 7 heteroatoms. The monoisotopic (exact) mass is 382 g/mol. The van der Waals surface area contributed by atoms with Crippen LogP contribution in [0.2, 0.25) is 5.02 Å². The Hall–Kier alpha value is -3.12. The average Bonchev–Trinajstić information content (AvgIpc) is 2.71. The van der Waals surface area contributed by atoms with E-state index >= 15 is 0 Å². The maximum absolute atomic E-state index is 12.2. The Labute approximate surface area is 162 Å². The third kappa shape index (κ3) is 5.18. The minimum Gasteiger partial charge on any atom is -0.497 e. The molecule has 0 fully saturated rings. The Morgan fingerprint density at radius 1 is 1.07 bits per heavy atom. The van der Waals surface area contributed by atoms with E-state index in [1.165, 1.54) is 18.0 Å². The first kappa shape index (κ1) is 18.7. The second-order valence-corrected chi connectivity index (χ2v) is 6.16. The molecule has 0 aliphatic heterocycles. The van der Waals surface area contributed by atoms with E-state index in [0.717, 1.165) is 12.2 Å². The molecule has 0 atom stereocenters. The number of ether oxygens (including phenoxy) is 1. The van der Waals surface area contributed by atoms with Crippen molar-refractivity contribution in [3.05, 3.63) is 77.1 Å². The summed E-state index contributed by atoms with van der Waals surface area (Å²) in [4.78, 5) is 20.6. The van der Waals surface area contributed by atoms with Crippen LogP contribution in [-0.4, -0.2) is 29.5 Å². The number of anilines is 2. The van der Waals surface area contributed by atoms with E-state index in [1.807, 2.05) is 24.3 Å². The zero-order chi connectivity index (χ0) is 19.1. The van der Waals surface area contributed by atoms with Crippen molar-refractivity contribution in [2.24, 2.45) is 0 Å². The van der Waals surface area contributed by atoms with Crippen LogP contribution in [0.1, 0.15) is 15.9 Å². The maximum Gasteiger partial charge on any atom is 0.258 e. The zero-order valence-electron chi connectivity index (χ0n) is 14.8. The van der Waals surface area contributed by atoms with Gasteiger partial charge in [-0.15, -0.1) is 0 Å². The predicted molar refractivity (Wildman–Crippen MR) is 107 cm³/mol. The van der Waals surface area contributed by atoms with Crippen LogP contribution in [0.25, 0.3) is 0 Å². The van der Waals surface area contributed by atoms with Crippen molar-refractivity contribution in [3.63, 3.8) is 0 Å². The van der Waals surface area contributed by atoms with Gasteiger partial charge in [0, 0.05) is 18.9 Å². The fourth-order valence-corrected chi connectivity index (χ4v) is 2.59. The van der Waals surface area contributed by atoms with Gasteiger partial charge in [0.2, 0.25) is 5.95 Å². The molecule has 0 spiro atoms. The van der Waals surface area contributed by atoms with Crippen LogP contribution in [-0.2, 0) is 6.42 Å². The van der Waals surface area contributed by atoms with Gasteiger partial charge in [0.15, 0.2) is 0 Å². The summed E-state index contributed by atoms with van der Waals surface area (Å²) in [5, 5.41) is 6.35. The highest BCUT2D eigenvalue weighted by molar-refractivity contribution is 6.33. The van der Waals surface area contributed by atoms with E-state index in [9.17, 15) is 4.79 Å². The molecule has 0 aliphatic carbocycles. The van der Waals surface area contributed by atoms with Crippen LogP contribution < -0.4 is 15.4 Å². The number of carbonyl (C=O) groups is 1. The summed E-state index contributed by atoms with van der Waals surface area (Å²) in [6.45, 7) is 0.678. The van der Waals surface area contributed by atoms with Gasteiger partial charge in [-0.05, 0) is 36.2 Å². The normalized spacial score (nSPS) is 10.3. The molecule has 3 aromatic rings. The number of methoxy groups -OCH3 is 1. The minimum absolute atomic E-state index is 0.312. The molecule has 0 aliphatic rings. The highest BCUT2D eigenvalue weighted by Crippen LogP contribution is 2.21. The highest BCUT2D eigenvalue weighted by Gasteiger charge is 2.09. The number of benzene rings is 2. The van der Waals surface area contributed by atoms with E-state index in [4.69, 9.17) is 16.3 Å². The number of carbonyl (C=O) groups excluding carboxylic acids is 1. The lowest BCUT2D eigenvalue weighted by Gasteiger charge is -2.08. The van der Waals surface area contributed by atoms with Crippen LogP contribution in [0.15, 0.2) is 60.9 Å². The maximum atomic E-state index is 12.2. The zero-order valence-corrected chi connectivity index (χ0v) is 15.5. The van der Waals surface area contributed by atoms with Crippen LogP contribution in [0.4, 0.5) is 11.6 Å². The standard InChI is InChI=1S/C20H19ClN4O2/c1-27-16-8-6-14(7-9-16)10-11-22-20-23-12-15(13-24-20)19(26)25-18-5-3-2-4-17(18)21/h2-9,12-13H,10-11H2,1H3,(H,25,26)(H,22,23,24). The van der Waals surface area contributed by atoms with Crippen LogP contribution in [0.5, 0.6) is 5.75 Å². The lowest BCUT2D eigenvalue weighted by atomic mass is 10.1. The molecule has 0 unspecified atom stereocenters. The van der Waals surface area contributed by atoms with Crippen LogP contribution >= 0.6 is 11.6 Å². The largest absolute Gasteiger partial charge is 0.497 e. The third-order valence-electron chi connectivity index (χ3n) is 3.89. The number of amides is 1. The smallest absolute Gasteiger partial charge is 0.258 e. The Morgan fingerprint density at radius 2 is 1.78 bits per heavy atom. The summed E-state index contributed by atoms with van der Waals surface area (Å²) in [7, 11) is 1.65. The first-order valence-electron chi connectivity index (χ1n) is 8.40. The van der Waals surface area contributed by atoms with Gasteiger partial charge in [-0.25, -0.2) is 9.97 Å². The summed E-state index contributed by atoms with van der Waals surface area (Å²) >= 11 is 6.04. The van der Waals surface area contributed by atoms with Crippen molar-refractivity contribution in [1.82, 2.24) is 9.97 Å². The van der Waals surface area contributed by atoms with E-state index < -0.39 is 0 Å². The molecule has 6 nitrogen and oxygen atoms in total. The molecule has 0 saturated heterocycles. The van der Waals surface area contributed by atoms with E-state index in [2.05, 4.69) is 20.6 Å². The van der Waals surface area contributed by atoms with E-state index in [1.54, 1.807) is 31.4 Å². The van der Waals surface area contributed by atoms with Gasteiger partial charge < -0.3 is 15.4 Å². The second kappa shape index (κ2) is 9.00. The molecular weight excluding hydrogens is 364 g/mol. The molecule has 2 N–H and O–H groups in total. The van der Waals surface area contributed by atoms with Gasteiger partial charge in [-0.1, -0.05) is 35.9 Å². The van der Waals surface area contributed by atoms with Crippen LogP contribution in [0.3, 0.4) is 0 Å². The van der Waals surface area contributed by atoms with E-state index in [-0.39, 0.29) is 5.91 Å². The van der Waals surface area contributed by atoms with Gasteiger partial charge in [0.25, 0.3) is 5.91 Å². The summed E-state index contributed by atoms with van der Waals surface area (Å²) in [6.07, 6.45) is 3.78. The van der Waals surface area contributed by atoms with Crippen molar-refractivity contribution in [1.29, 1.82) is 0 Å². The number of nitrogens with zero attached hydrogens (tertiary/aromatic N) is 2. The number of rotatable bonds is 7. The van der Waals surface area contributed by atoms with Crippen molar-refractivity contribution in [2.45, 2.75) is 6.42 Å². The number of aromatic nitrogens is 2. The predicted octanol–water partition coefficient (Wildman–Crippen LogP) is 4.05. The fraction of sp³-hybridized carbons (Fsp3) is 0.150. The first-order chi connectivity index (χ1) is 13.2. The lowest BCUT2D eigenvalue weighted by Crippen LogP contribution is -2.14. The quantitative estimate of drug-likeness (QED) is 0.644. The van der Waals surface area contributed by atoms with Crippen molar-refractivity contribution < 1.29 is 9.53 Å². The Morgan fingerprint density at radius 3 is 2.44 bits per heavy atom. The molecular formula is C20H19ClN4O2. The summed E-state index contributed by atoms with van der Waals surface area (Å²) in [6, 6.07) is 14.9. The first-order valence-corrected chi connectivity index (χ1v) is 8.78. The molecule has 27 heavy (non-hydrogen) atoms. The molecule has 2 aromatic carbocycles. The third-order valence-corrected chi connectivity index (χ3v) is 4.22. The molecule has 0 bridgehead atoms. The number of hydrogen-bond donors (Lipinski definition) is 2. The molecule has 3 rings (SSSR count). The SMILES string of the molecule is COc1ccc(CCNc2ncc(C(=O)Nc3ccccc3Cl)cn2)cc1. The molecule has 0 radical (unpaired) electrons. The number of nitrogens with one attached hydrogen (secondary N) is 2. The molecule has 1 heterocycles. The molecule has 138 valence electrons. The highest BCUT2D eigenvalue weighted by atomic mass is 35.5. The van der Waals surface area contributed by atoms with Gasteiger partial charge in [0.1, 0.15) is 5.75 Å². The topological polar surface area (TPSA) is 76.1 Å². The second-order valence-electron chi connectivity index (χ2n) is 5.75. The van der Waals surface area contributed by atoms with Crippen molar-refractivity contribution >= 4 is 29.1 Å². The number of halogens is 1. The fourth-order valence-electron chi connectivity index (χ4n) is 2.40. The number of hydrogen-bond acceptors (Lipinski definition) is 5. The summed E-state index contributed by atoms with van der Waals surface area (Å²) in [5.74, 6) is 0.992. The molecule has 1 amide bonds. The molecule has 0 saturated carbocycles. The Balaban J connectivity index is 1.52. The van der Waals surface area contributed by atoms with Gasteiger partial charge in [-0.3, -0.25) is 4.79 Å². The van der Waals surface area contributed by atoms with Gasteiger partial charge >= 0.3 is 0 Å². The Bertz CT molecular complexity index is 899. The Kier molecular flexibility index (Phi) is 6.22. The van der Waals surface area contributed by atoms with Gasteiger partial charge in [-0.2, -0.15) is 0 Å². The van der Waals surface area contributed by atoms with Crippen LogP contribution in [0, 0.1) is 0 Å². The van der Waals surface area contributed by atoms with Crippen molar-refractivity contribution in [2.75, 3.05) is 24.3 Å². The summed E-state index contributed by atoms with van der Waals surface area (Å²) in [5.41, 5.74) is 2.08. The summed E-state index contributed by atoms with van der Waals surface area (Å²) < 4.78 is 5.14. The van der Waals surface area contributed by atoms with Gasteiger partial charge in [0.05, 0.1) is 23.4 Å². The minimum atomic E-state index is -0.312. The molecule has 1 aromatic heterocycles. The van der Waals surface area contributed by atoms with Crippen molar-refractivity contribution in [3.8, 4) is 5.75 Å². The lowest BCUT2D eigenvalue weighted by molar-refractivity contribution is 0.102. The average molecular weight is 383 g/mol. The van der Waals surface area contributed by atoms with E-state index in [0.29, 0.717) is 28.8 Å². The number of para-hydroxylation sites is 1.